The maximum Gasteiger partial charge on any atom is 0.324 e. The predicted molar refractivity (Wildman–Crippen MR) is 71.3 cm³/mol. The number of hydrogen-bond acceptors (Lipinski definition) is 5. The Labute approximate surface area is 110 Å². The molecule has 0 unspecified atom stereocenters. The van der Waals surface area contributed by atoms with Crippen LogP contribution in [-0.2, 0) is 0 Å². The highest BCUT2D eigenvalue weighted by molar-refractivity contribution is 7.99. The summed E-state index contributed by atoms with van der Waals surface area (Å²) in [7, 11) is 0. The smallest absolute Gasteiger partial charge is 0.324 e. The van der Waals surface area contributed by atoms with Crippen LogP contribution in [0.4, 0.5) is 5.69 Å². The lowest BCUT2D eigenvalue weighted by Gasteiger charge is -2.11. The minimum Gasteiger partial charge on any atom is -0.484 e. The fourth-order valence-electron chi connectivity index (χ4n) is 1.39. The van der Waals surface area contributed by atoms with Crippen LogP contribution in [0.1, 0.15) is 20.3 Å². The van der Waals surface area contributed by atoms with Crippen LogP contribution in [0.25, 0.3) is 0 Å². The van der Waals surface area contributed by atoms with Gasteiger partial charge in [-0.25, -0.2) is 0 Å². The molecule has 0 heterocycles. The van der Waals surface area contributed by atoms with Crippen molar-refractivity contribution < 1.29 is 14.8 Å². The molecular weight excluding hydrogens is 254 g/mol. The first-order chi connectivity index (χ1) is 8.56. The van der Waals surface area contributed by atoms with E-state index in [0.717, 1.165) is 0 Å². The van der Waals surface area contributed by atoms with Gasteiger partial charge in [0.15, 0.2) is 5.75 Å². The lowest BCUT2D eigenvalue weighted by Crippen LogP contribution is -2.07. The third kappa shape index (κ3) is 4.19. The Morgan fingerprint density at radius 2 is 2.22 bits per heavy atom. The van der Waals surface area contributed by atoms with Crippen LogP contribution in [0.3, 0.4) is 0 Å². The van der Waals surface area contributed by atoms with E-state index < -0.39 is 4.92 Å². The molecule has 0 aromatic heterocycles. The van der Waals surface area contributed by atoms with Crippen molar-refractivity contribution >= 4 is 17.4 Å². The van der Waals surface area contributed by atoms with Crippen molar-refractivity contribution in [1.82, 2.24) is 0 Å². The monoisotopic (exact) mass is 271 g/mol. The van der Waals surface area contributed by atoms with E-state index in [9.17, 15) is 10.1 Å². The average Bonchev–Trinajstić information content (AvgIpc) is 2.28. The number of nitro groups is 1. The molecule has 0 saturated heterocycles. The molecule has 100 valence electrons. The molecule has 0 aliphatic heterocycles. The van der Waals surface area contributed by atoms with Crippen LogP contribution in [0.5, 0.6) is 5.75 Å². The van der Waals surface area contributed by atoms with Crippen LogP contribution in [0.15, 0.2) is 23.1 Å². The molecule has 0 amide bonds. The molecule has 0 radical (unpaired) electrons. The van der Waals surface area contributed by atoms with E-state index in [0.29, 0.717) is 22.8 Å². The van der Waals surface area contributed by atoms with Gasteiger partial charge in [-0.15, -0.1) is 11.8 Å². The maximum atomic E-state index is 11.1. The Bertz CT molecular complexity index is 409. The average molecular weight is 271 g/mol. The molecule has 0 aliphatic carbocycles. The minimum atomic E-state index is -0.418. The van der Waals surface area contributed by atoms with Crippen molar-refractivity contribution in [1.29, 1.82) is 0 Å². The molecule has 1 aromatic rings. The summed E-state index contributed by atoms with van der Waals surface area (Å²) in [5.74, 6) is 0.937. The standard InChI is InChI=1S/C12H17NO4S/c1-9(2)17-10-5-3-6-11(12(10)13(15)16)18-8-4-7-14/h3,5-6,9,14H,4,7-8H2,1-2H3. The number of aliphatic hydroxyl groups excluding tert-OH is 1. The molecular formula is C12H17NO4S. The van der Waals surface area contributed by atoms with Crippen LogP contribution in [-0.4, -0.2) is 28.5 Å². The molecule has 5 nitrogen and oxygen atoms in total. The summed E-state index contributed by atoms with van der Waals surface area (Å²) in [6, 6.07) is 5.05. The van der Waals surface area contributed by atoms with Gasteiger partial charge in [0.25, 0.3) is 0 Å². The molecule has 0 bridgehead atoms. The predicted octanol–water partition coefficient (Wildman–Crippen LogP) is 2.86. The zero-order valence-electron chi connectivity index (χ0n) is 10.5. The highest BCUT2D eigenvalue weighted by atomic mass is 32.2. The van der Waals surface area contributed by atoms with Crippen molar-refractivity contribution in [3.8, 4) is 5.75 Å². The molecule has 6 heteroatoms. The molecule has 0 spiro atoms. The molecule has 0 atom stereocenters. The molecule has 0 fully saturated rings. The highest BCUT2D eigenvalue weighted by Gasteiger charge is 2.21. The van der Waals surface area contributed by atoms with Crippen molar-refractivity contribution in [2.75, 3.05) is 12.4 Å². The third-order valence-electron chi connectivity index (χ3n) is 2.07. The number of thioether (sulfide) groups is 1. The quantitative estimate of drug-likeness (QED) is 0.357. The summed E-state index contributed by atoms with van der Waals surface area (Å²) in [5, 5.41) is 19.8. The second kappa shape index (κ2) is 7.23. The van der Waals surface area contributed by atoms with E-state index >= 15 is 0 Å². The largest absolute Gasteiger partial charge is 0.484 e. The number of benzene rings is 1. The summed E-state index contributed by atoms with van der Waals surface area (Å²) in [6.07, 6.45) is 0.498. The molecule has 18 heavy (non-hydrogen) atoms. The summed E-state index contributed by atoms with van der Waals surface area (Å²) in [4.78, 5) is 11.3. The summed E-state index contributed by atoms with van der Waals surface area (Å²) < 4.78 is 5.45. The first-order valence-corrected chi connectivity index (χ1v) is 6.72. The van der Waals surface area contributed by atoms with Crippen LogP contribution in [0.2, 0.25) is 0 Å². The van der Waals surface area contributed by atoms with Gasteiger partial charge in [-0.1, -0.05) is 6.07 Å². The Morgan fingerprint density at radius 3 is 2.78 bits per heavy atom. The maximum absolute atomic E-state index is 11.1. The van der Waals surface area contributed by atoms with E-state index in [2.05, 4.69) is 0 Å². The summed E-state index contributed by atoms with van der Waals surface area (Å²) >= 11 is 1.36. The molecule has 0 aliphatic rings. The van der Waals surface area contributed by atoms with Crippen molar-refractivity contribution in [2.45, 2.75) is 31.3 Å². The number of ether oxygens (including phenoxy) is 1. The number of nitro benzene ring substituents is 1. The lowest BCUT2D eigenvalue weighted by molar-refractivity contribution is -0.388. The zero-order chi connectivity index (χ0) is 13.5. The molecule has 1 N–H and O–H groups in total. The van der Waals surface area contributed by atoms with Gasteiger partial charge in [0, 0.05) is 12.4 Å². The van der Waals surface area contributed by atoms with E-state index in [1.807, 2.05) is 13.8 Å². The fraction of sp³-hybridized carbons (Fsp3) is 0.500. The number of hydrogen-bond donors (Lipinski definition) is 1. The van der Waals surface area contributed by atoms with Gasteiger partial charge in [0.05, 0.1) is 15.9 Å². The van der Waals surface area contributed by atoms with E-state index in [-0.39, 0.29) is 18.4 Å². The van der Waals surface area contributed by atoms with E-state index in [1.165, 1.54) is 11.8 Å². The first-order valence-electron chi connectivity index (χ1n) is 5.74. The second-order valence-corrected chi connectivity index (χ2v) is 5.09. The lowest BCUT2D eigenvalue weighted by atomic mass is 10.3. The van der Waals surface area contributed by atoms with Crippen LogP contribution >= 0.6 is 11.8 Å². The second-order valence-electron chi connectivity index (χ2n) is 3.95. The van der Waals surface area contributed by atoms with Crippen LogP contribution < -0.4 is 4.74 Å². The Balaban J connectivity index is 2.98. The molecule has 1 aromatic carbocycles. The van der Waals surface area contributed by atoms with Gasteiger partial charge in [0.1, 0.15) is 0 Å². The van der Waals surface area contributed by atoms with Crippen LogP contribution in [0, 0.1) is 10.1 Å². The van der Waals surface area contributed by atoms with Crippen molar-refractivity contribution in [3.63, 3.8) is 0 Å². The third-order valence-corrected chi connectivity index (χ3v) is 3.20. The van der Waals surface area contributed by atoms with Gasteiger partial charge in [-0.05, 0) is 32.4 Å². The SMILES string of the molecule is CC(C)Oc1cccc(SCCCO)c1[N+](=O)[O-]. The molecule has 1 rings (SSSR count). The highest BCUT2D eigenvalue weighted by Crippen LogP contribution is 2.37. The summed E-state index contributed by atoms with van der Waals surface area (Å²) in [6.45, 7) is 3.74. The van der Waals surface area contributed by atoms with Crippen molar-refractivity contribution in [2.24, 2.45) is 0 Å². The molecule has 0 saturated carbocycles. The van der Waals surface area contributed by atoms with Gasteiger partial charge >= 0.3 is 5.69 Å². The zero-order valence-corrected chi connectivity index (χ0v) is 11.3. The topological polar surface area (TPSA) is 72.6 Å². The van der Waals surface area contributed by atoms with Gasteiger partial charge in [-0.2, -0.15) is 0 Å². The van der Waals surface area contributed by atoms with Gasteiger partial charge in [-0.3, -0.25) is 10.1 Å². The fourth-order valence-corrected chi connectivity index (χ4v) is 2.37. The number of nitrogens with zero attached hydrogens (tertiary/aromatic N) is 1. The van der Waals surface area contributed by atoms with Gasteiger partial charge < -0.3 is 9.84 Å². The Morgan fingerprint density at radius 1 is 1.50 bits per heavy atom. The van der Waals surface area contributed by atoms with Crippen molar-refractivity contribution in [3.05, 3.63) is 28.3 Å². The first kappa shape index (κ1) is 14.8. The summed E-state index contributed by atoms with van der Waals surface area (Å²) in [5.41, 5.74) is 0.00846. The Kier molecular flexibility index (Phi) is 5.94. The number of rotatable bonds is 7. The Hall–Kier alpha value is -1.27. The normalized spacial score (nSPS) is 10.7. The number of aliphatic hydroxyl groups is 1. The van der Waals surface area contributed by atoms with E-state index in [1.54, 1.807) is 18.2 Å². The minimum absolute atomic E-state index is 0.00846. The van der Waals surface area contributed by atoms with E-state index in [4.69, 9.17) is 9.84 Å². The number of para-hydroxylation sites is 1. The van der Waals surface area contributed by atoms with Gasteiger partial charge in [0.2, 0.25) is 0 Å².